The molecule has 0 aromatic rings. The fraction of sp³-hybridized carbons (Fsp3) is 0.833. The Balaban J connectivity index is 1.50. The topological polar surface area (TPSA) is 26.3 Å². The van der Waals surface area contributed by atoms with E-state index >= 15 is 0 Å². The van der Waals surface area contributed by atoms with Gasteiger partial charge in [0.2, 0.25) is 0 Å². The zero-order chi connectivity index (χ0) is 23.3. The molecule has 0 spiro atoms. The van der Waals surface area contributed by atoms with E-state index in [9.17, 15) is 4.79 Å². The van der Waals surface area contributed by atoms with Gasteiger partial charge in [-0.3, -0.25) is 4.79 Å². The molecule has 0 saturated heterocycles. The van der Waals surface area contributed by atoms with E-state index in [2.05, 4.69) is 59.8 Å². The van der Waals surface area contributed by atoms with Crippen LogP contribution in [0.4, 0.5) is 0 Å². The standard InChI is InChI=1S/C30H48O2/c1-19(2)20(3)8-9-21(4)26-12-13-27-25-11-10-23-18-24(32-22(5)31)14-16-29(23,6)28(25)15-17-30(26,27)7/h8-10,19-21,24-28H,11-18H2,1-7H3/b9-8+/t20-,21+,24+,25+,26-,27-,28-,29+,30-/m0/s1. The Kier molecular flexibility index (Phi) is 6.74. The lowest BCUT2D eigenvalue weighted by atomic mass is 9.47. The van der Waals surface area contributed by atoms with Gasteiger partial charge in [-0.2, -0.15) is 0 Å². The number of fused-ring (bicyclic) bond motifs is 5. The molecule has 180 valence electrons. The molecule has 0 aromatic heterocycles. The van der Waals surface area contributed by atoms with Crippen molar-refractivity contribution in [2.24, 2.45) is 52.3 Å². The van der Waals surface area contributed by atoms with Crippen LogP contribution in [0.5, 0.6) is 0 Å². The van der Waals surface area contributed by atoms with Crippen LogP contribution in [0, 0.1) is 52.3 Å². The molecule has 0 heterocycles. The van der Waals surface area contributed by atoms with Crippen molar-refractivity contribution in [3.8, 4) is 0 Å². The summed E-state index contributed by atoms with van der Waals surface area (Å²) in [6, 6.07) is 0. The summed E-state index contributed by atoms with van der Waals surface area (Å²) >= 11 is 0. The Morgan fingerprint density at radius 1 is 1.03 bits per heavy atom. The summed E-state index contributed by atoms with van der Waals surface area (Å²) < 4.78 is 5.62. The van der Waals surface area contributed by atoms with Crippen molar-refractivity contribution in [1.82, 2.24) is 0 Å². The minimum Gasteiger partial charge on any atom is -0.462 e. The van der Waals surface area contributed by atoms with E-state index in [1.54, 1.807) is 12.5 Å². The molecule has 0 bridgehead atoms. The molecule has 0 N–H and O–H groups in total. The van der Waals surface area contributed by atoms with E-state index in [0.717, 1.165) is 42.4 Å². The van der Waals surface area contributed by atoms with E-state index in [-0.39, 0.29) is 12.1 Å². The zero-order valence-electron chi connectivity index (χ0n) is 21.8. The van der Waals surface area contributed by atoms with Crippen molar-refractivity contribution in [2.45, 2.75) is 106 Å². The van der Waals surface area contributed by atoms with Gasteiger partial charge < -0.3 is 4.74 Å². The smallest absolute Gasteiger partial charge is 0.302 e. The predicted molar refractivity (Wildman–Crippen MR) is 133 cm³/mol. The Labute approximate surface area is 197 Å². The second kappa shape index (κ2) is 8.95. The minimum atomic E-state index is -0.121. The summed E-state index contributed by atoms with van der Waals surface area (Å²) in [5, 5.41) is 0. The number of carbonyl (C=O) groups excluding carboxylic acids is 1. The van der Waals surface area contributed by atoms with Crippen LogP contribution in [0.15, 0.2) is 23.8 Å². The molecule has 0 unspecified atom stereocenters. The third kappa shape index (κ3) is 4.14. The zero-order valence-corrected chi connectivity index (χ0v) is 21.8. The third-order valence-corrected chi connectivity index (χ3v) is 10.9. The second-order valence-corrected chi connectivity index (χ2v) is 12.8. The molecule has 4 aliphatic rings. The lowest BCUT2D eigenvalue weighted by Gasteiger charge is -2.58. The Morgan fingerprint density at radius 2 is 1.78 bits per heavy atom. The summed E-state index contributed by atoms with van der Waals surface area (Å²) in [4.78, 5) is 11.5. The van der Waals surface area contributed by atoms with Crippen molar-refractivity contribution in [3.63, 3.8) is 0 Å². The Hall–Kier alpha value is -1.05. The van der Waals surface area contributed by atoms with Crippen molar-refractivity contribution in [3.05, 3.63) is 23.8 Å². The Morgan fingerprint density at radius 3 is 2.47 bits per heavy atom. The maximum Gasteiger partial charge on any atom is 0.302 e. The largest absolute Gasteiger partial charge is 0.462 e. The van der Waals surface area contributed by atoms with E-state index in [0.29, 0.717) is 22.7 Å². The highest BCUT2D eigenvalue weighted by atomic mass is 16.5. The van der Waals surface area contributed by atoms with Crippen molar-refractivity contribution in [2.75, 3.05) is 0 Å². The summed E-state index contributed by atoms with van der Waals surface area (Å²) in [5.74, 6) is 5.35. The predicted octanol–water partition coefficient (Wildman–Crippen LogP) is 7.98. The highest BCUT2D eigenvalue weighted by Gasteiger charge is 2.59. The van der Waals surface area contributed by atoms with Gasteiger partial charge in [0.25, 0.3) is 0 Å². The number of rotatable bonds is 5. The Bertz CT molecular complexity index is 763. The monoisotopic (exact) mass is 440 g/mol. The maximum absolute atomic E-state index is 11.5. The lowest BCUT2D eigenvalue weighted by molar-refractivity contribution is -0.148. The molecule has 0 radical (unpaired) electrons. The average molecular weight is 441 g/mol. The average Bonchev–Trinajstić information content (AvgIpc) is 3.08. The fourth-order valence-electron chi connectivity index (χ4n) is 8.57. The molecular weight excluding hydrogens is 392 g/mol. The van der Waals surface area contributed by atoms with Gasteiger partial charge in [0, 0.05) is 13.3 Å². The van der Waals surface area contributed by atoms with E-state index < -0.39 is 0 Å². The molecule has 3 fully saturated rings. The van der Waals surface area contributed by atoms with Crippen molar-refractivity contribution >= 4 is 5.97 Å². The number of hydrogen-bond donors (Lipinski definition) is 0. The van der Waals surface area contributed by atoms with Crippen LogP contribution in [-0.2, 0) is 9.53 Å². The van der Waals surface area contributed by atoms with E-state index in [4.69, 9.17) is 4.74 Å². The first-order valence-electron chi connectivity index (χ1n) is 13.6. The SMILES string of the molecule is CC(=O)O[C@@H]1CC[C@]2(C)C(=CC[C@@H]3[C@@H]4CC[C@@H]([C@H](C)/C=C/[C@H](C)C(C)C)[C@]4(C)CC[C@@H]32)C1. The maximum atomic E-state index is 11.5. The lowest BCUT2D eigenvalue weighted by Crippen LogP contribution is -2.51. The minimum absolute atomic E-state index is 0.106. The molecule has 2 heteroatoms. The molecule has 9 atom stereocenters. The van der Waals surface area contributed by atoms with Crippen LogP contribution in [0.25, 0.3) is 0 Å². The molecule has 4 rings (SSSR count). The molecule has 32 heavy (non-hydrogen) atoms. The molecule has 3 saturated carbocycles. The molecule has 0 aliphatic heterocycles. The van der Waals surface area contributed by atoms with Gasteiger partial charge in [0.05, 0.1) is 0 Å². The number of esters is 1. The van der Waals surface area contributed by atoms with Crippen LogP contribution >= 0.6 is 0 Å². The first kappa shape index (κ1) is 24.1. The van der Waals surface area contributed by atoms with E-state index in [1.807, 2.05) is 0 Å². The third-order valence-electron chi connectivity index (χ3n) is 10.9. The first-order valence-corrected chi connectivity index (χ1v) is 13.6. The van der Waals surface area contributed by atoms with Crippen LogP contribution in [0.2, 0.25) is 0 Å². The number of carbonyl (C=O) groups is 1. The summed E-state index contributed by atoms with van der Waals surface area (Å²) in [7, 11) is 0. The molecule has 4 aliphatic carbocycles. The molecule has 2 nitrogen and oxygen atoms in total. The number of allylic oxidation sites excluding steroid dienone is 3. The normalized spacial score (nSPS) is 43.2. The van der Waals surface area contributed by atoms with Gasteiger partial charge in [-0.25, -0.2) is 0 Å². The van der Waals surface area contributed by atoms with Gasteiger partial charge in [-0.1, -0.05) is 65.3 Å². The van der Waals surface area contributed by atoms with Gasteiger partial charge in [0.1, 0.15) is 6.10 Å². The summed E-state index contributed by atoms with van der Waals surface area (Å²) in [6.45, 7) is 16.3. The quantitative estimate of drug-likeness (QED) is 0.320. The highest BCUT2D eigenvalue weighted by Crippen LogP contribution is 2.67. The number of ether oxygens (including phenoxy) is 1. The molecular formula is C30H48O2. The summed E-state index contributed by atoms with van der Waals surface area (Å²) in [6.07, 6.45) is 17.8. The first-order chi connectivity index (χ1) is 15.1. The van der Waals surface area contributed by atoms with Gasteiger partial charge in [0.15, 0.2) is 0 Å². The van der Waals surface area contributed by atoms with Crippen molar-refractivity contribution < 1.29 is 9.53 Å². The van der Waals surface area contributed by atoms with E-state index in [1.165, 1.54) is 38.5 Å². The number of hydrogen-bond acceptors (Lipinski definition) is 2. The summed E-state index contributed by atoms with van der Waals surface area (Å²) in [5.41, 5.74) is 2.44. The molecule has 0 amide bonds. The molecule has 0 aromatic carbocycles. The van der Waals surface area contributed by atoms with Crippen LogP contribution in [0.3, 0.4) is 0 Å². The van der Waals surface area contributed by atoms with Gasteiger partial charge in [-0.05, 0) is 97.2 Å². The van der Waals surface area contributed by atoms with Crippen LogP contribution < -0.4 is 0 Å². The van der Waals surface area contributed by atoms with Gasteiger partial charge in [-0.15, -0.1) is 0 Å². The highest BCUT2D eigenvalue weighted by molar-refractivity contribution is 5.66. The van der Waals surface area contributed by atoms with Crippen molar-refractivity contribution in [1.29, 1.82) is 0 Å². The van der Waals surface area contributed by atoms with Crippen LogP contribution in [0.1, 0.15) is 99.8 Å². The van der Waals surface area contributed by atoms with Gasteiger partial charge >= 0.3 is 5.97 Å². The van der Waals surface area contributed by atoms with Crippen LogP contribution in [-0.4, -0.2) is 12.1 Å². The second-order valence-electron chi connectivity index (χ2n) is 12.8. The fourth-order valence-corrected chi connectivity index (χ4v) is 8.57.